The Kier molecular flexibility index (Phi) is 19.4. The van der Waals surface area contributed by atoms with Crippen LogP contribution >= 0.6 is 11.8 Å². The first-order valence-electron chi connectivity index (χ1n) is 20.6. The van der Waals surface area contributed by atoms with Gasteiger partial charge in [0.2, 0.25) is 11.1 Å². The summed E-state index contributed by atoms with van der Waals surface area (Å²) in [5.74, 6) is -1.90. The molecule has 0 saturated heterocycles. The Balaban J connectivity index is 1.42. The molecule has 2 amide bonds. The lowest BCUT2D eigenvalue weighted by molar-refractivity contribution is -0.396. The molecule has 0 aliphatic rings. The van der Waals surface area contributed by atoms with E-state index in [0.29, 0.717) is 36.7 Å². The van der Waals surface area contributed by atoms with E-state index in [0.717, 1.165) is 69.2 Å². The normalized spacial score (nSPS) is 11.5. The predicted octanol–water partition coefficient (Wildman–Crippen LogP) is 10.3. The van der Waals surface area contributed by atoms with Gasteiger partial charge in [0, 0.05) is 17.8 Å². The lowest BCUT2D eigenvalue weighted by Crippen LogP contribution is -2.26. The summed E-state index contributed by atoms with van der Waals surface area (Å²) in [4.78, 5) is 60.4. The van der Waals surface area contributed by atoms with E-state index < -0.39 is 44.8 Å². The lowest BCUT2D eigenvalue weighted by atomic mass is 10.0. The molecule has 1 atom stereocenters. The highest BCUT2D eigenvalue weighted by molar-refractivity contribution is 7.99. The molecule has 1 unspecified atom stereocenters. The summed E-state index contributed by atoms with van der Waals surface area (Å²) in [6.45, 7) is 4.32. The zero-order valence-electron chi connectivity index (χ0n) is 34.2. The van der Waals surface area contributed by atoms with Gasteiger partial charge >= 0.3 is 5.97 Å². The number of hydrogen-bond acceptors (Lipinski definition) is 12. The molecule has 60 heavy (non-hydrogen) atoms. The number of unbranched alkanes of at least 4 members (excludes halogenated alkanes) is 13. The molecule has 0 saturated carbocycles. The van der Waals surface area contributed by atoms with E-state index in [1.165, 1.54) is 67.5 Å². The molecule has 0 fully saturated rings. The maximum Gasteiger partial charge on any atom is 0.344 e. The number of nitro groups is 2. The third kappa shape index (κ3) is 15.0. The van der Waals surface area contributed by atoms with Gasteiger partial charge in [-0.25, -0.2) is 4.79 Å². The van der Waals surface area contributed by atoms with Crippen LogP contribution in [0.2, 0.25) is 0 Å². The second-order valence-electron chi connectivity index (χ2n) is 14.5. The highest BCUT2D eigenvalue weighted by atomic mass is 32.2. The van der Waals surface area contributed by atoms with Gasteiger partial charge in [0.15, 0.2) is 6.10 Å². The third-order valence-corrected chi connectivity index (χ3v) is 10.7. The number of tetrazole rings is 1. The van der Waals surface area contributed by atoms with Crippen molar-refractivity contribution in [3.8, 4) is 11.4 Å². The van der Waals surface area contributed by atoms with E-state index in [2.05, 4.69) is 40.0 Å². The van der Waals surface area contributed by atoms with Gasteiger partial charge in [-0.05, 0) is 90.0 Å². The molecular weight excluding hydrogens is 793 g/mol. The topological polar surface area (TPSA) is 235 Å². The number of anilines is 2. The summed E-state index contributed by atoms with van der Waals surface area (Å²) in [6, 6.07) is 14.3. The van der Waals surface area contributed by atoms with Gasteiger partial charge in [0.1, 0.15) is 11.3 Å². The van der Waals surface area contributed by atoms with Gasteiger partial charge in [0.25, 0.3) is 17.3 Å². The second kappa shape index (κ2) is 24.9. The molecular formula is C42H54N8O9S. The Hall–Kier alpha value is -5.91. The van der Waals surface area contributed by atoms with E-state index in [9.17, 15) is 39.7 Å². The Labute approximate surface area is 353 Å². The number of nitrogens with one attached hydrogen (secondary N) is 2. The second-order valence-corrected chi connectivity index (χ2v) is 15.5. The molecule has 0 aliphatic heterocycles. The van der Waals surface area contributed by atoms with Gasteiger partial charge < -0.3 is 20.5 Å². The number of benzene rings is 3. The van der Waals surface area contributed by atoms with Crippen LogP contribution in [0.5, 0.6) is 5.75 Å². The van der Waals surface area contributed by atoms with Gasteiger partial charge in [-0.15, -0.1) is 5.10 Å². The number of aromatic nitrogens is 4. The van der Waals surface area contributed by atoms with Crippen LogP contribution in [0.4, 0.5) is 22.7 Å². The predicted molar refractivity (Wildman–Crippen MR) is 228 cm³/mol. The van der Waals surface area contributed by atoms with E-state index in [4.69, 9.17) is 4.74 Å². The van der Waals surface area contributed by atoms with Crippen LogP contribution in [0.1, 0.15) is 133 Å². The zero-order valence-corrected chi connectivity index (χ0v) is 35.0. The van der Waals surface area contributed by atoms with E-state index in [1.54, 1.807) is 24.3 Å². The number of amides is 2. The molecule has 4 rings (SSSR count). The molecule has 1 aromatic heterocycles. The van der Waals surface area contributed by atoms with Crippen molar-refractivity contribution < 1.29 is 34.1 Å². The number of carbonyl (C=O) groups is 3. The first-order valence-corrected chi connectivity index (χ1v) is 21.5. The molecule has 0 aliphatic carbocycles. The fraction of sp³-hybridized carbons (Fsp3) is 0.476. The first kappa shape index (κ1) is 46.8. The van der Waals surface area contributed by atoms with Gasteiger partial charge in [-0.2, -0.15) is 4.68 Å². The average molecular weight is 847 g/mol. The fourth-order valence-electron chi connectivity index (χ4n) is 6.48. The van der Waals surface area contributed by atoms with Crippen LogP contribution in [0.3, 0.4) is 0 Å². The molecule has 1 heterocycles. The molecule has 17 nitrogen and oxygen atoms in total. The highest BCUT2D eigenvalue weighted by Crippen LogP contribution is 2.39. The van der Waals surface area contributed by atoms with Crippen LogP contribution < -0.4 is 15.4 Å². The zero-order chi connectivity index (χ0) is 43.3. The number of carboxylic acids is 1. The van der Waals surface area contributed by atoms with Crippen molar-refractivity contribution in [3.05, 3.63) is 86.5 Å². The maximum absolute atomic E-state index is 13.5. The van der Waals surface area contributed by atoms with E-state index in [-0.39, 0.29) is 27.4 Å². The standard InChI is InChI=1S/C42H54N8O9S/c1-3-5-7-9-10-11-12-13-15-16-21-37(41(53)54)59-33-25-23-30(24-26-33)44-40(52)34-28-38(36(50(57)58)29-35(34)49(55)56)60-42-45-46-47-48(42)32-20-18-19-31(27-32)43-39(51)22-17-14-8-6-4-2/h18-20,23-29,37H,3-17,21-22H2,1-2H3,(H,43,51)(H,44,52)(H,53,54). The van der Waals surface area contributed by atoms with Crippen LogP contribution in [0.25, 0.3) is 5.69 Å². The minimum atomic E-state index is -1.09. The molecule has 3 aromatic carbocycles. The Bertz CT molecular complexity index is 2040. The van der Waals surface area contributed by atoms with E-state index in [1.807, 2.05) is 0 Å². The number of ether oxygens (including phenoxy) is 1. The summed E-state index contributed by atoms with van der Waals surface area (Å²) in [6.07, 6.45) is 15.9. The number of nitrogens with zero attached hydrogens (tertiary/aromatic N) is 6. The van der Waals surface area contributed by atoms with Crippen LogP contribution in [-0.4, -0.2) is 59.0 Å². The number of hydrogen-bond donors (Lipinski definition) is 3. The molecule has 0 bridgehead atoms. The van der Waals surface area contributed by atoms with E-state index >= 15 is 0 Å². The van der Waals surface area contributed by atoms with Crippen LogP contribution in [0.15, 0.2) is 70.7 Å². The third-order valence-electron chi connectivity index (χ3n) is 9.73. The van der Waals surface area contributed by atoms with Gasteiger partial charge in [-0.3, -0.25) is 29.8 Å². The Morgan fingerprint density at radius 1 is 0.767 bits per heavy atom. The molecule has 3 N–H and O–H groups in total. The molecule has 0 radical (unpaired) electrons. The number of carbonyl (C=O) groups excluding carboxylic acids is 2. The molecule has 4 aromatic rings. The van der Waals surface area contributed by atoms with Crippen LogP contribution in [-0.2, 0) is 9.59 Å². The van der Waals surface area contributed by atoms with Gasteiger partial charge in [-0.1, -0.05) is 103 Å². The summed E-state index contributed by atoms with van der Waals surface area (Å²) >= 11 is 0.720. The number of nitro benzene ring substituents is 2. The SMILES string of the molecule is CCCCCCCCCCCCC(Oc1ccc(NC(=O)c2cc(Sc3nnnn3-c3cccc(NC(=O)CCCCCCC)c3)c([N+](=O)[O-])cc2[N+](=O)[O-])cc1)C(=O)O. The summed E-state index contributed by atoms with van der Waals surface area (Å²) < 4.78 is 7.02. The maximum atomic E-state index is 13.5. The number of rotatable bonds is 28. The minimum Gasteiger partial charge on any atom is -0.479 e. The number of carboxylic acid groups (broad SMARTS) is 1. The molecule has 322 valence electrons. The van der Waals surface area contributed by atoms with Gasteiger partial charge in [0.05, 0.1) is 26.5 Å². The molecule has 18 heteroatoms. The molecule has 0 spiro atoms. The summed E-state index contributed by atoms with van der Waals surface area (Å²) in [7, 11) is 0. The van der Waals surface area contributed by atoms with Crippen molar-refractivity contribution in [2.24, 2.45) is 0 Å². The highest BCUT2D eigenvalue weighted by Gasteiger charge is 2.30. The first-order chi connectivity index (χ1) is 29.0. The summed E-state index contributed by atoms with van der Waals surface area (Å²) in [5, 5.41) is 51.2. The van der Waals surface area contributed by atoms with Crippen molar-refractivity contribution in [2.45, 2.75) is 139 Å². The largest absolute Gasteiger partial charge is 0.479 e. The van der Waals surface area contributed by atoms with Crippen molar-refractivity contribution in [3.63, 3.8) is 0 Å². The lowest BCUT2D eigenvalue weighted by Gasteiger charge is -2.15. The van der Waals surface area contributed by atoms with Crippen LogP contribution in [0, 0.1) is 20.2 Å². The quantitative estimate of drug-likeness (QED) is 0.0274. The number of aliphatic carboxylic acids is 1. The smallest absolute Gasteiger partial charge is 0.344 e. The van der Waals surface area contributed by atoms with Crippen molar-refractivity contribution in [1.82, 2.24) is 20.2 Å². The average Bonchev–Trinajstić information content (AvgIpc) is 3.69. The fourth-order valence-corrected chi connectivity index (χ4v) is 7.39. The van der Waals surface area contributed by atoms with Crippen molar-refractivity contribution in [1.29, 1.82) is 0 Å². The Morgan fingerprint density at radius 2 is 1.38 bits per heavy atom. The minimum absolute atomic E-state index is 0.0427. The monoisotopic (exact) mass is 846 g/mol. The summed E-state index contributed by atoms with van der Waals surface area (Å²) in [5.41, 5.74) is -0.786. The Morgan fingerprint density at radius 3 is 2.00 bits per heavy atom. The van der Waals surface area contributed by atoms with Crippen molar-refractivity contribution in [2.75, 3.05) is 10.6 Å². The van der Waals surface area contributed by atoms with Crippen molar-refractivity contribution >= 4 is 52.3 Å².